The molecule has 5 nitrogen and oxygen atoms in total. The Kier molecular flexibility index (Phi) is 6.12. The second-order valence-corrected chi connectivity index (χ2v) is 7.86. The average Bonchev–Trinajstić information content (AvgIpc) is 3.20. The van der Waals surface area contributed by atoms with E-state index < -0.39 is 0 Å². The summed E-state index contributed by atoms with van der Waals surface area (Å²) in [5.74, 6) is 1.50. The number of carbonyl (C=O) groups is 1. The van der Waals surface area contributed by atoms with Gasteiger partial charge in [0.15, 0.2) is 5.82 Å². The fourth-order valence-corrected chi connectivity index (χ4v) is 3.86. The molecule has 0 aliphatic carbocycles. The first-order valence-corrected chi connectivity index (χ1v) is 10.3. The predicted molar refractivity (Wildman–Crippen MR) is 113 cm³/mol. The molecule has 4 rings (SSSR count). The molecule has 2 aromatic carbocycles. The van der Waals surface area contributed by atoms with Crippen LogP contribution in [0.1, 0.15) is 34.6 Å². The summed E-state index contributed by atoms with van der Waals surface area (Å²) in [5.41, 5.74) is 2.38. The fraction of sp³-hybridized carbons (Fsp3) is 0.333. The van der Waals surface area contributed by atoms with Gasteiger partial charge in [0.1, 0.15) is 18.2 Å². The van der Waals surface area contributed by atoms with Gasteiger partial charge in [-0.25, -0.2) is 9.37 Å². The molecule has 1 aromatic heterocycles. The minimum absolute atomic E-state index is 0.0199. The Morgan fingerprint density at radius 3 is 2.37 bits per heavy atom. The van der Waals surface area contributed by atoms with Gasteiger partial charge in [0.05, 0.1) is 0 Å². The van der Waals surface area contributed by atoms with Crippen LogP contribution in [-0.2, 0) is 20.1 Å². The van der Waals surface area contributed by atoms with Crippen molar-refractivity contribution in [3.8, 4) is 5.75 Å². The molecular formula is C24H26FN3O2. The van der Waals surface area contributed by atoms with Crippen molar-refractivity contribution >= 4 is 5.91 Å². The zero-order valence-electron chi connectivity index (χ0n) is 17.1. The maximum absolute atomic E-state index is 12.9. The molecule has 1 amide bonds. The molecule has 0 radical (unpaired) electrons. The number of benzene rings is 2. The van der Waals surface area contributed by atoms with Crippen molar-refractivity contribution in [3.05, 3.63) is 83.7 Å². The number of nitrogens with zero attached hydrogens (tertiary/aromatic N) is 3. The summed E-state index contributed by atoms with van der Waals surface area (Å²) in [6, 6.07) is 14.5. The van der Waals surface area contributed by atoms with E-state index in [2.05, 4.69) is 29.2 Å². The highest BCUT2D eigenvalue weighted by atomic mass is 19.1. The van der Waals surface area contributed by atoms with Crippen LogP contribution in [0.15, 0.2) is 60.9 Å². The number of likely N-dealkylation sites (tertiary alicyclic amines) is 1. The lowest BCUT2D eigenvalue weighted by atomic mass is 9.90. The van der Waals surface area contributed by atoms with E-state index in [-0.39, 0.29) is 11.7 Å². The second kappa shape index (κ2) is 9.11. The van der Waals surface area contributed by atoms with Crippen LogP contribution in [0.4, 0.5) is 4.39 Å². The molecular weight excluding hydrogens is 381 g/mol. The highest BCUT2D eigenvalue weighted by Crippen LogP contribution is 2.23. The first kappa shape index (κ1) is 20.1. The molecule has 0 saturated carbocycles. The molecule has 156 valence electrons. The van der Waals surface area contributed by atoms with Crippen molar-refractivity contribution in [1.82, 2.24) is 14.5 Å². The van der Waals surface area contributed by atoms with E-state index in [1.807, 2.05) is 11.9 Å². The zero-order chi connectivity index (χ0) is 20.9. The standard InChI is InChI=1S/C24H26FN3O2/c1-27-15-12-26-23(27)24(29)28-13-10-19(11-14-28)16-18-2-4-20(5-3-18)17-30-22-8-6-21(25)7-9-22/h2-9,12,15,19H,10-11,13-14,16-17H2,1H3. The lowest BCUT2D eigenvalue weighted by molar-refractivity contribution is 0.0674. The van der Waals surface area contributed by atoms with Crippen LogP contribution >= 0.6 is 0 Å². The molecule has 0 spiro atoms. The van der Waals surface area contributed by atoms with Gasteiger partial charge in [-0.15, -0.1) is 0 Å². The van der Waals surface area contributed by atoms with Crippen LogP contribution in [0, 0.1) is 11.7 Å². The smallest absolute Gasteiger partial charge is 0.289 e. The number of aryl methyl sites for hydroxylation is 1. The topological polar surface area (TPSA) is 47.4 Å². The monoisotopic (exact) mass is 407 g/mol. The number of aromatic nitrogens is 2. The van der Waals surface area contributed by atoms with Crippen LogP contribution in [0.5, 0.6) is 5.75 Å². The lowest BCUT2D eigenvalue weighted by Gasteiger charge is -2.31. The van der Waals surface area contributed by atoms with Gasteiger partial charge >= 0.3 is 0 Å². The molecule has 6 heteroatoms. The zero-order valence-corrected chi connectivity index (χ0v) is 17.1. The van der Waals surface area contributed by atoms with Crippen LogP contribution in [-0.4, -0.2) is 33.4 Å². The van der Waals surface area contributed by atoms with Crippen LogP contribution < -0.4 is 4.74 Å². The Balaban J connectivity index is 1.25. The van der Waals surface area contributed by atoms with Crippen molar-refractivity contribution in [3.63, 3.8) is 0 Å². The first-order chi connectivity index (χ1) is 14.6. The van der Waals surface area contributed by atoms with Crippen LogP contribution in [0.2, 0.25) is 0 Å². The molecule has 0 N–H and O–H groups in total. The number of carbonyl (C=O) groups excluding carboxylic acids is 1. The Bertz CT molecular complexity index is 974. The number of piperidine rings is 1. The number of amides is 1. The molecule has 3 aromatic rings. The number of halogens is 1. The van der Waals surface area contributed by atoms with Crippen LogP contribution in [0.3, 0.4) is 0 Å². The molecule has 1 saturated heterocycles. The normalized spacial score (nSPS) is 14.7. The number of hydrogen-bond acceptors (Lipinski definition) is 3. The van der Waals surface area contributed by atoms with E-state index in [0.29, 0.717) is 24.1 Å². The van der Waals surface area contributed by atoms with Crippen molar-refractivity contribution in [2.24, 2.45) is 13.0 Å². The Labute approximate surface area is 176 Å². The molecule has 30 heavy (non-hydrogen) atoms. The quantitative estimate of drug-likeness (QED) is 0.614. The van der Waals surface area contributed by atoms with E-state index in [0.717, 1.165) is 37.9 Å². The number of rotatable bonds is 6. The van der Waals surface area contributed by atoms with Gasteiger partial charge in [0, 0.05) is 32.5 Å². The highest BCUT2D eigenvalue weighted by Gasteiger charge is 2.25. The van der Waals surface area contributed by atoms with Crippen molar-refractivity contribution < 1.29 is 13.9 Å². The largest absolute Gasteiger partial charge is 0.489 e. The molecule has 2 heterocycles. The Morgan fingerprint density at radius 1 is 1.07 bits per heavy atom. The van der Waals surface area contributed by atoms with E-state index in [1.165, 1.54) is 17.7 Å². The van der Waals surface area contributed by atoms with Gasteiger partial charge in [-0.1, -0.05) is 24.3 Å². The minimum Gasteiger partial charge on any atom is -0.489 e. The predicted octanol–water partition coefficient (Wildman–Crippen LogP) is 4.23. The molecule has 0 unspecified atom stereocenters. The fourth-order valence-electron chi connectivity index (χ4n) is 3.86. The van der Waals surface area contributed by atoms with Gasteiger partial charge in [0.2, 0.25) is 0 Å². The summed E-state index contributed by atoms with van der Waals surface area (Å²) in [4.78, 5) is 18.7. The van der Waals surface area contributed by atoms with Gasteiger partial charge in [-0.2, -0.15) is 0 Å². The number of imidazole rings is 1. The van der Waals surface area contributed by atoms with E-state index in [9.17, 15) is 9.18 Å². The Morgan fingerprint density at radius 2 is 1.73 bits per heavy atom. The summed E-state index contributed by atoms with van der Waals surface area (Å²) in [6.45, 7) is 2.01. The highest BCUT2D eigenvalue weighted by molar-refractivity contribution is 5.90. The maximum Gasteiger partial charge on any atom is 0.289 e. The number of ether oxygens (including phenoxy) is 1. The third-order valence-corrected chi connectivity index (χ3v) is 5.68. The molecule has 1 fully saturated rings. The summed E-state index contributed by atoms with van der Waals surface area (Å²) in [6.07, 6.45) is 6.49. The van der Waals surface area contributed by atoms with E-state index >= 15 is 0 Å². The maximum atomic E-state index is 12.9. The summed E-state index contributed by atoms with van der Waals surface area (Å²) in [7, 11) is 1.85. The number of hydrogen-bond donors (Lipinski definition) is 0. The van der Waals surface area contributed by atoms with E-state index in [4.69, 9.17) is 4.74 Å². The summed E-state index contributed by atoms with van der Waals surface area (Å²) in [5, 5.41) is 0. The third kappa shape index (κ3) is 4.87. The van der Waals surface area contributed by atoms with E-state index in [1.54, 1.807) is 29.1 Å². The molecule has 1 aliphatic heterocycles. The summed E-state index contributed by atoms with van der Waals surface area (Å²) >= 11 is 0. The van der Waals surface area contributed by atoms with Gasteiger partial charge in [-0.05, 0) is 60.6 Å². The third-order valence-electron chi connectivity index (χ3n) is 5.68. The van der Waals surface area contributed by atoms with Crippen molar-refractivity contribution in [2.45, 2.75) is 25.9 Å². The van der Waals surface area contributed by atoms with Gasteiger partial charge in [-0.3, -0.25) is 4.79 Å². The van der Waals surface area contributed by atoms with Crippen LogP contribution in [0.25, 0.3) is 0 Å². The molecule has 0 bridgehead atoms. The average molecular weight is 407 g/mol. The molecule has 1 aliphatic rings. The van der Waals surface area contributed by atoms with Crippen molar-refractivity contribution in [1.29, 1.82) is 0 Å². The second-order valence-electron chi connectivity index (χ2n) is 7.86. The van der Waals surface area contributed by atoms with Crippen molar-refractivity contribution in [2.75, 3.05) is 13.1 Å². The lowest BCUT2D eigenvalue weighted by Crippen LogP contribution is -2.39. The van der Waals surface area contributed by atoms with Gasteiger partial charge < -0.3 is 14.2 Å². The molecule has 0 atom stereocenters. The minimum atomic E-state index is -0.265. The van der Waals surface area contributed by atoms with Gasteiger partial charge in [0.25, 0.3) is 5.91 Å². The SMILES string of the molecule is Cn1ccnc1C(=O)N1CCC(Cc2ccc(COc3ccc(F)cc3)cc2)CC1. The Hall–Kier alpha value is -3.15. The summed E-state index contributed by atoms with van der Waals surface area (Å²) < 4.78 is 20.4. The first-order valence-electron chi connectivity index (χ1n) is 10.3.